The highest BCUT2D eigenvalue weighted by atomic mass is 35.5. The van der Waals surface area contributed by atoms with Crippen molar-refractivity contribution in [1.29, 1.82) is 0 Å². The summed E-state index contributed by atoms with van der Waals surface area (Å²) in [5, 5.41) is 3.55. The van der Waals surface area contributed by atoms with E-state index < -0.39 is 66.2 Å². The van der Waals surface area contributed by atoms with Gasteiger partial charge in [-0.2, -0.15) is 13.2 Å². The number of carbonyl (C=O) groups is 4. The van der Waals surface area contributed by atoms with Crippen LogP contribution in [0.15, 0.2) is 72.9 Å². The first-order valence-electron chi connectivity index (χ1n) is 21.0. The van der Waals surface area contributed by atoms with Crippen LogP contribution in [0.25, 0.3) is 11.3 Å². The maximum absolute atomic E-state index is 14.5. The molecule has 4 aromatic rings. The molecule has 6 rings (SSSR count). The van der Waals surface area contributed by atoms with Gasteiger partial charge in [0.05, 0.1) is 49.5 Å². The Labute approximate surface area is 381 Å². The fourth-order valence-corrected chi connectivity index (χ4v) is 8.81. The molecule has 0 aliphatic carbocycles. The second-order valence-electron chi connectivity index (χ2n) is 17.0. The van der Waals surface area contributed by atoms with Gasteiger partial charge in [-0.05, 0) is 94.4 Å². The number of hydrogen-bond donors (Lipinski definition) is 1. The number of benzene rings is 3. The molecule has 3 aromatic carbocycles. The second kappa shape index (κ2) is 20.3. The molecule has 13 nitrogen and oxygen atoms in total. The Bertz CT molecular complexity index is 2310. The van der Waals surface area contributed by atoms with E-state index in [0.717, 1.165) is 27.5 Å². The summed E-state index contributed by atoms with van der Waals surface area (Å²) in [6, 6.07) is 16.3. The molecule has 1 N–H and O–H groups in total. The molecular weight excluding hydrogens is 874 g/mol. The molecule has 1 aromatic heterocycles. The fourth-order valence-electron chi connectivity index (χ4n) is 8.52. The summed E-state index contributed by atoms with van der Waals surface area (Å²) < 4.78 is 56.8. The molecule has 4 amide bonds. The van der Waals surface area contributed by atoms with Crippen LogP contribution in [-0.4, -0.2) is 125 Å². The van der Waals surface area contributed by atoms with Crippen molar-refractivity contribution >= 4 is 46.8 Å². The van der Waals surface area contributed by atoms with Crippen molar-refractivity contribution in [3.63, 3.8) is 0 Å². The molecule has 18 heteroatoms. The zero-order valence-corrected chi connectivity index (χ0v) is 38.3. The summed E-state index contributed by atoms with van der Waals surface area (Å²) in [5.74, 6) is -3.35. The van der Waals surface area contributed by atoms with Crippen molar-refractivity contribution in [2.24, 2.45) is 13.0 Å². The number of nitrogens with one attached hydrogen (secondary N) is 1. The third-order valence-corrected chi connectivity index (χ3v) is 12.5. The number of amides is 4. The Morgan fingerprint density at radius 2 is 1.64 bits per heavy atom. The Morgan fingerprint density at radius 3 is 2.30 bits per heavy atom. The van der Waals surface area contributed by atoms with Crippen molar-refractivity contribution in [2.75, 3.05) is 47.9 Å². The third kappa shape index (κ3) is 11.6. The molecule has 2 aliphatic heterocycles. The minimum Gasteiger partial charge on any atom is -0.457 e. The minimum absolute atomic E-state index is 0.112. The number of aromatic nitrogens is 2. The molecular formula is C46H54Cl2F3N7O6. The number of alkyl halides is 3. The van der Waals surface area contributed by atoms with Crippen molar-refractivity contribution in [2.45, 2.75) is 75.9 Å². The largest absolute Gasteiger partial charge is 0.457 e. The summed E-state index contributed by atoms with van der Waals surface area (Å²) in [7, 11) is 8.81. The number of methoxy groups -OCH3 is 1. The third-order valence-electron chi connectivity index (χ3n) is 12.0. The summed E-state index contributed by atoms with van der Waals surface area (Å²) in [6.07, 6.45) is -4.44. The normalized spacial score (nSPS) is 21.6. The highest BCUT2D eigenvalue weighted by Gasteiger charge is 2.47. The van der Waals surface area contributed by atoms with Gasteiger partial charge < -0.3 is 39.0 Å². The van der Waals surface area contributed by atoms with Crippen LogP contribution in [0.4, 0.5) is 13.2 Å². The lowest BCUT2D eigenvalue weighted by Gasteiger charge is -2.50. The minimum atomic E-state index is -4.81. The van der Waals surface area contributed by atoms with E-state index in [4.69, 9.17) is 32.7 Å². The van der Waals surface area contributed by atoms with Crippen LogP contribution in [0.1, 0.15) is 49.6 Å². The van der Waals surface area contributed by atoms with E-state index in [1.54, 1.807) is 61.8 Å². The molecule has 2 fully saturated rings. The van der Waals surface area contributed by atoms with Crippen LogP contribution >= 0.6 is 23.2 Å². The predicted octanol–water partition coefficient (Wildman–Crippen LogP) is 7.13. The van der Waals surface area contributed by atoms with E-state index in [1.165, 1.54) is 29.9 Å². The molecule has 2 aliphatic rings. The van der Waals surface area contributed by atoms with Gasteiger partial charge in [-0.3, -0.25) is 19.2 Å². The summed E-state index contributed by atoms with van der Waals surface area (Å²) in [5.41, 5.74) is 1.82. The van der Waals surface area contributed by atoms with Crippen LogP contribution in [0.3, 0.4) is 0 Å². The van der Waals surface area contributed by atoms with Gasteiger partial charge >= 0.3 is 6.18 Å². The fraction of sp³-hybridized carbons (Fsp3) is 0.457. The highest BCUT2D eigenvalue weighted by molar-refractivity contribution is 6.31. The van der Waals surface area contributed by atoms with Gasteiger partial charge in [0, 0.05) is 61.9 Å². The van der Waals surface area contributed by atoms with Crippen LogP contribution in [0.5, 0.6) is 11.5 Å². The smallest absolute Gasteiger partial charge is 0.389 e. The number of rotatable bonds is 12. The molecule has 0 saturated carbocycles. The van der Waals surface area contributed by atoms with E-state index in [0.29, 0.717) is 40.7 Å². The van der Waals surface area contributed by atoms with E-state index in [-0.39, 0.29) is 38.4 Å². The maximum atomic E-state index is 14.5. The molecule has 2 bridgehead atoms. The van der Waals surface area contributed by atoms with Crippen molar-refractivity contribution in [1.82, 2.24) is 34.5 Å². The van der Waals surface area contributed by atoms with E-state index >= 15 is 0 Å². The number of halogens is 5. The van der Waals surface area contributed by atoms with E-state index in [9.17, 15) is 32.3 Å². The molecule has 0 radical (unpaired) electrons. The number of fused-ring (bicyclic) bond motifs is 2. The number of ether oxygens (including phenoxy) is 2. The van der Waals surface area contributed by atoms with Crippen LogP contribution in [-0.2, 0) is 50.5 Å². The van der Waals surface area contributed by atoms with Gasteiger partial charge in [0.2, 0.25) is 23.6 Å². The Kier molecular flexibility index (Phi) is 15.4. The molecule has 0 unspecified atom stereocenters. The summed E-state index contributed by atoms with van der Waals surface area (Å²) in [4.78, 5) is 68.2. The first-order chi connectivity index (χ1) is 30.3. The van der Waals surface area contributed by atoms with Gasteiger partial charge in [-0.25, -0.2) is 4.98 Å². The molecule has 4 atom stereocenters. The van der Waals surface area contributed by atoms with Crippen LogP contribution in [0.2, 0.25) is 10.0 Å². The monoisotopic (exact) mass is 927 g/mol. The number of piperidine rings is 1. The van der Waals surface area contributed by atoms with Crippen molar-refractivity contribution in [3.05, 3.63) is 99.9 Å². The molecule has 2 saturated heterocycles. The molecule has 344 valence electrons. The van der Waals surface area contributed by atoms with Gasteiger partial charge in [0.15, 0.2) is 0 Å². The van der Waals surface area contributed by atoms with Crippen molar-refractivity contribution < 1.29 is 41.8 Å². The SMILES string of the molecule is COC[C@@H]1NC(=O)[C@H](C)N(Cc2ccc(Cl)cc2Oc2ccc(-c3cnc(CN(C)C)n3C)cc2)C(=O)C[C@@H](CC(F)(F)F)C(=O)N2CCC[C@@](Cc3ccc(Cl)cc3)(C2)N(C)C1=O. The average Bonchev–Trinajstić information content (AvgIpc) is 3.60. The second-order valence-corrected chi connectivity index (χ2v) is 17.8. The highest BCUT2D eigenvalue weighted by Crippen LogP contribution is 2.37. The van der Waals surface area contributed by atoms with Gasteiger partial charge in [0.25, 0.3) is 0 Å². The lowest BCUT2D eigenvalue weighted by atomic mass is 9.80. The van der Waals surface area contributed by atoms with Gasteiger partial charge in [-0.15, -0.1) is 0 Å². The summed E-state index contributed by atoms with van der Waals surface area (Å²) >= 11 is 12.6. The zero-order chi connectivity index (χ0) is 46.5. The molecule has 0 spiro atoms. The van der Waals surface area contributed by atoms with Gasteiger partial charge in [0.1, 0.15) is 29.4 Å². The van der Waals surface area contributed by atoms with Crippen molar-refractivity contribution in [3.8, 4) is 22.8 Å². The number of carbonyl (C=O) groups excluding carboxylic acids is 4. The van der Waals surface area contributed by atoms with Gasteiger partial charge in [-0.1, -0.05) is 41.4 Å². The first kappa shape index (κ1) is 48.3. The van der Waals surface area contributed by atoms with E-state index in [1.807, 2.05) is 42.7 Å². The Morgan fingerprint density at radius 1 is 0.953 bits per heavy atom. The van der Waals surface area contributed by atoms with Crippen LogP contribution in [0, 0.1) is 5.92 Å². The number of likely N-dealkylation sites (N-methyl/N-ethyl adjacent to an activating group) is 1. The van der Waals surface area contributed by atoms with Crippen LogP contribution < -0.4 is 10.1 Å². The quantitative estimate of drug-likeness (QED) is 0.159. The first-order valence-corrected chi connectivity index (χ1v) is 21.7. The molecule has 64 heavy (non-hydrogen) atoms. The number of nitrogens with zero attached hydrogens (tertiary/aromatic N) is 6. The number of imidazole rings is 1. The molecule has 3 heterocycles. The standard InChI is InChI=1S/C46H54Cl2F3N7O6/c1-29-42(60)53-37(27-63-6)44(62)56(5)45(22-30-8-13-34(47)14-9-30)18-7-19-57(28-45)43(61)33(23-46(49,50)51)20-41(59)58(29)25-32-10-15-35(48)21-39(32)64-36-16-11-31(12-17-36)38-24-52-40(55(38)4)26-54(2)3/h8-17,21,24,29,33,37H,7,18-20,22-23,25-28H2,1-6H3,(H,53,60)/t29-,33-,37-,45+/m0/s1. The maximum Gasteiger partial charge on any atom is 0.389 e. The summed E-state index contributed by atoms with van der Waals surface area (Å²) in [6.45, 7) is 1.52. The topological polar surface area (TPSA) is 130 Å². The lowest BCUT2D eigenvalue weighted by molar-refractivity contribution is -0.166. The average molecular weight is 929 g/mol. The Hall–Kier alpha value is -5.16. The predicted molar refractivity (Wildman–Crippen MR) is 237 cm³/mol. The Balaban J connectivity index is 1.34. The zero-order valence-electron chi connectivity index (χ0n) is 36.8. The lowest BCUT2D eigenvalue weighted by Crippen LogP contribution is -2.65. The number of hydrogen-bond acceptors (Lipinski definition) is 8. The van der Waals surface area contributed by atoms with E-state index in [2.05, 4.69) is 10.3 Å².